The van der Waals surface area contributed by atoms with Crippen LogP contribution in [-0.2, 0) is 4.79 Å². The van der Waals surface area contributed by atoms with Crippen LogP contribution in [0, 0.1) is 0 Å². The highest BCUT2D eigenvalue weighted by Gasteiger charge is 2.29. The Labute approximate surface area is 171 Å². The summed E-state index contributed by atoms with van der Waals surface area (Å²) in [5, 5.41) is 2.74. The molecule has 2 amide bonds. The number of methoxy groups -OCH3 is 1. The van der Waals surface area contributed by atoms with E-state index in [9.17, 15) is 9.59 Å². The molecule has 154 valence electrons. The van der Waals surface area contributed by atoms with E-state index in [0.29, 0.717) is 17.9 Å². The zero-order valence-corrected chi connectivity index (χ0v) is 17.2. The topological polar surface area (TPSA) is 67.9 Å². The van der Waals surface area contributed by atoms with Crippen molar-refractivity contribution >= 4 is 11.8 Å². The molecule has 1 N–H and O–H groups in total. The Hall–Kier alpha value is -3.02. The number of hydrogen-bond donors (Lipinski definition) is 1. The van der Waals surface area contributed by atoms with Gasteiger partial charge in [0, 0.05) is 12.1 Å². The van der Waals surface area contributed by atoms with Gasteiger partial charge >= 0.3 is 0 Å². The Kier molecular flexibility index (Phi) is 6.75. The van der Waals surface area contributed by atoms with Gasteiger partial charge in [0.15, 0.2) is 0 Å². The second kappa shape index (κ2) is 9.45. The first-order chi connectivity index (χ1) is 14.0. The zero-order valence-electron chi connectivity index (χ0n) is 17.2. The average molecular weight is 396 g/mol. The molecule has 0 unspecified atom stereocenters. The van der Waals surface area contributed by atoms with Crippen LogP contribution in [0.1, 0.15) is 48.7 Å². The molecule has 29 heavy (non-hydrogen) atoms. The Balaban J connectivity index is 1.56. The molecular weight excluding hydrogens is 368 g/mol. The van der Waals surface area contributed by atoms with Crippen LogP contribution in [-0.4, -0.2) is 43.0 Å². The molecule has 0 saturated carbocycles. The van der Waals surface area contributed by atoms with Crippen molar-refractivity contribution in [2.24, 2.45) is 0 Å². The molecule has 6 heteroatoms. The lowest BCUT2D eigenvalue weighted by Crippen LogP contribution is -2.39. The number of ether oxygens (including phenoxy) is 2. The van der Waals surface area contributed by atoms with Crippen LogP contribution < -0.4 is 14.8 Å². The van der Waals surface area contributed by atoms with Crippen molar-refractivity contribution in [2.75, 3.05) is 20.2 Å². The summed E-state index contributed by atoms with van der Waals surface area (Å²) < 4.78 is 10.8. The average Bonchev–Trinajstić information content (AvgIpc) is 3.22. The van der Waals surface area contributed by atoms with Crippen LogP contribution in [0.3, 0.4) is 0 Å². The van der Waals surface area contributed by atoms with Crippen molar-refractivity contribution in [1.29, 1.82) is 0 Å². The highest BCUT2D eigenvalue weighted by atomic mass is 16.5. The first-order valence-corrected chi connectivity index (χ1v) is 9.96. The quantitative estimate of drug-likeness (QED) is 0.777. The van der Waals surface area contributed by atoms with Gasteiger partial charge in [0.05, 0.1) is 25.8 Å². The number of nitrogens with zero attached hydrogens (tertiary/aromatic N) is 1. The van der Waals surface area contributed by atoms with Crippen molar-refractivity contribution in [1.82, 2.24) is 10.2 Å². The van der Waals surface area contributed by atoms with E-state index in [0.717, 1.165) is 24.2 Å². The van der Waals surface area contributed by atoms with Crippen LogP contribution >= 0.6 is 0 Å². The summed E-state index contributed by atoms with van der Waals surface area (Å²) in [6, 6.07) is 14.8. The number of benzene rings is 2. The second-order valence-electron chi connectivity index (χ2n) is 7.39. The summed E-state index contributed by atoms with van der Waals surface area (Å²) in [6.07, 6.45) is 1.95. The molecule has 2 aromatic rings. The number of carbonyl (C=O) groups is 2. The van der Waals surface area contributed by atoms with Crippen LogP contribution in [0.4, 0.5) is 0 Å². The third-order valence-corrected chi connectivity index (χ3v) is 4.96. The van der Waals surface area contributed by atoms with Crippen LogP contribution in [0.2, 0.25) is 0 Å². The number of amides is 2. The molecule has 1 atom stereocenters. The second-order valence-corrected chi connectivity index (χ2v) is 7.39. The van der Waals surface area contributed by atoms with Gasteiger partial charge in [-0.15, -0.1) is 0 Å². The molecule has 3 rings (SSSR count). The molecule has 1 heterocycles. The SMILES string of the molecule is COc1ccc([C@@H]2CCCN2C(=O)CNC(=O)c2ccc(OC(C)C)cc2)cc1. The summed E-state index contributed by atoms with van der Waals surface area (Å²) in [6.45, 7) is 4.58. The summed E-state index contributed by atoms with van der Waals surface area (Å²) in [7, 11) is 1.63. The van der Waals surface area contributed by atoms with E-state index in [2.05, 4.69) is 5.32 Å². The van der Waals surface area contributed by atoms with Crippen molar-refractivity contribution in [3.05, 3.63) is 59.7 Å². The Morgan fingerprint density at radius 1 is 1.07 bits per heavy atom. The van der Waals surface area contributed by atoms with Gasteiger partial charge < -0.3 is 19.7 Å². The lowest BCUT2D eigenvalue weighted by molar-refractivity contribution is -0.131. The third-order valence-electron chi connectivity index (χ3n) is 4.96. The number of nitrogens with one attached hydrogen (secondary N) is 1. The fourth-order valence-electron chi connectivity index (χ4n) is 3.55. The molecule has 0 spiro atoms. The van der Waals surface area contributed by atoms with Gasteiger partial charge in [0.1, 0.15) is 11.5 Å². The fourth-order valence-corrected chi connectivity index (χ4v) is 3.55. The van der Waals surface area contributed by atoms with Crippen molar-refractivity contribution < 1.29 is 19.1 Å². The largest absolute Gasteiger partial charge is 0.497 e. The van der Waals surface area contributed by atoms with Gasteiger partial charge in [-0.05, 0) is 68.7 Å². The minimum Gasteiger partial charge on any atom is -0.497 e. The van der Waals surface area contributed by atoms with E-state index >= 15 is 0 Å². The Morgan fingerprint density at radius 3 is 2.34 bits per heavy atom. The first kappa shape index (κ1) is 20.7. The Morgan fingerprint density at radius 2 is 1.72 bits per heavy atom. The molecule has 1 fully saturated rings. The van der Waals surface area contributed by atoms with E-state index in [1.807, 2.05) is 43.0 Å². The summed E-state index contributed by atoms with van der Waals surface area (Å²) >= 11 is 0. The maximum absolute atomic E-state index is 12.7. The molecule has 6 nitrogen and oxygen atoms in total. The minimum atomic E-state index is -0.269. The molecule has 0 aliphatic carbocycles. The number of hydrogen-bond acceptors (Lipinski definition) is 4. The van der Waals surface area contributed by atoms with Gasteiger partial charge in [0.25, 0.3) is 5.91 Å². The monoisotopic (exact) mass is 396 g/mol. The number of rotatable bonds is 7. The fraction of sp³-hybridized carbons (Fsp3) is 0.391. The van der Waals surface area contributed by atoms with Crippen molar-refractivity contribution in [2.45, 2.75) is 38.8 Å². The van der Waals surface area contributed by atoms with Gasteiger partial charge in [-0.25, -0.2) is 0 Å². The summed E-state index contributed by atoms with van der Waals surface area (Å²) in [5.41, 5.74) is 1.59. The lowest BCUT2D eigenvalue weighted by atomic mass is 10.0. The maximum Gasteiger partial charge on any atom is 0.251 e. The van der Waals surface area contributed by atoms with Crippen molar-refractivity contribution in [3.8, 4) is 11.5 Å². The maximum atomic E-state index is 12.7. The summed E-state index contributed by atoms with van der Waals surface area (Å²) in [4.78, 5) is 27.0. The minimum absolute atomic E-state index is 0.0181. The standard InChI is InChI=1S/C23H28N2O4/c1-16(2)29-20-12-8-18(9-13-20)23(27)24-15-22(26)25-14-4-5-21(25)17-6-10-19(28-3)11-7-17/h6-13,16,21H,4-5,14-15H2,1-3H3,(H,24,27)/t21-/m0/s1. The summed E-state index contributed by atoms with van der Waals surface area (Å²) in [5.74, 6) is 1.17. The van der Waals surface area contributed by atoms with E-state index in [4.69, 9.17) is 9.47 Å². The van der Waals surface area contributed by atoms with Crippen LogP contribution in [0.5, 0.6) is 11.5 Å². The van der Waals surface area contributed by atoms with Gasteiger partial charge in [-0.2, -0.15) is 0 Å². The normalized spacial score (nSPS) is 16.0. The molecule has 1 aliphatic heterocycles. The smallest absolute Gasteiger partial charge is 0.251 e. The zero-order chi connectivity index (χ0) is 20.8. The lowest BCUT2D eigenvalue weighted by Gasteiger charge is -2.25. The van der Waals surface area contributed by atoms with Gasteiger partial charge in [0.2, 0.25) is 5.91 Å². The molecule has 0 bridgehead atoms. The van der Waals surface area contributed by atoms with E-state index in [-0.39, 0.29) is 30.5 Å². The van der Waals surface area contributed by atoms with E-state index in [1.54, 1.807) is 31.4 Å². The molecular formula is C23H28N2O4. The predicted molar refractivity (Wildman–Crippen MR) is 111 cm³/mol. The highest BCUT2D eigenvalue weighted by molar-refractivity contribution is 5.96. The number of carbonyl (C=O) groups excluding carboxylic acids is 2. The van der Waals surface area contributed by atoms with E-state index in [1.165, 1.54) is 0 Å². The third kappa shape index (κ3) is 5.28. The molecule has 1 aliphatic rings. The molecule has 0 radical (unpaired) electrons. The van der Waals surface area contributed by atoms with Gasteiger partial charge in [-0.1, -0.05) is 12.1 Å². The van der Waals surface area contributed by atoms with Gasteiger partial charge in [-0.3, -0.25) is 9.59 Å². The van der Waals surface area contributed by atoms with Crippen LogP contribution in [0.25, 0.3) is 0 Å². The predicted octanol–water partition coefficient (Wildman–Crippen LogP) is 3.58. The van der Waals surface area contributed by atoms with Crippen LogP contribution in [0.15, 0.2) is 48.5 Å². The van der Waals surface area contributed by atoms with Crippen molar-refractivity contribution in [3.63, 3.8) is 0 Å². The number of likely N-dealkylation sites (tertiary alicyclic amines) is 1. The molecule has 0 aromatic heterocycles. The Bertz CT molecular complexity index is 831. The van der Waals surface area contributed by atoms with E-state index < -0.39 is 0 Å². The first-order valence-electron chi connectivity index (χ1n) is 9.96. The molecule has 2 aromatic carbocycles. The highest BCUT2D eigenvalue weighted by Crippen LogP contribution is 2.32. The molecule has 1 saturated heterocycles.